The molecule has 1 N–H and O–H groups in total. The van der Waals surface area contributed by atoms with Crippen LogP contribution in [0.5, 0.6) is 0 Å². The summed E-state index contributed by atoms with van der Waals surface area (Å²) >= 11 is 0. The SMILES string of the molecule is O=C(Nc1c(-c2ccccc2)nc2ccccn12)c1ccc2c(c1)CCC2. The van der Waals surface area contributed by atoms with Crippen LogP contribution in [-0.4, -0.2) is 15.3 Å². The molecule has 0 aliphatic heterocycles. The molecule has 1 aliphatic carbocycles. The number of hydrogen-bond donors (Lipinski definition) is 1. The van der Waals surface area contributed by atoms with E-state index in [4.69, 9.17) is 4.98 Å². The molecule has 0 saturated carbocycles. The normalized spacial score (nSPS) is 12.9. The van der Waals surface area contributed by atoms with Crippen LogP contribution in [0.15, 0.2) is 72.9 Å². The minimum atomic E-state index is -0.104. The Balaban J connectivity index is 1.57. The average Bonchev–Trinajstić information content (AvgIpc) is 3.33. The zero-order chi connectivity index (χ0) is 18.2. The van der Waals surface area contributed by atoms with Gasteiger partial charge in [0, 0.05) is 17.3 Å². The van der Waals surface area contributed by atoms with Gasteiger partial charge in [0.1, 0.15) is 17.2 Å². The smallest absolute Gasteiger partial charge is 0.256 e. The summed E-state index contributed by atoms with van der Waals surface area (Å²) in [6.07, 6.45) is 5.27. The van der Waals surface area contributed by atoms with E-state index >= 15 is 0 Å². The van der Waals surface area contributed by atoms with Crippen molar-refractivity contribution in [2.75, 3.05) is 5.32 Å². The van der Waals surface area contributed by atoms with E-state index in [9.17, 15) is 4.79 Å². The summed E-state index contributed by atoms with van der Waals surface area (Å²) in [4.78, 5) is 17.7. The number of aryl methyl sites for hydroxylation is 2. The number of nitrogens with zero attached hydrogens (tertiary/aromatic N) is 2. The fourth-order valence-electron chi connectivity index (χ4n) is 3.81. The van der Waals surface area contributed by atoms with Gasteiger partial charge in [0.05, 0.1) is 0 Å². The second kappa shape index (κ2) is 6.40. The molecule has 2 aromatic heterocycles. The fraction of sp³-hybridized carbons (Fsp3) is 0.130. The Morgan fingerprint density at radius 2 is 1.74 bits per heavy atom. The van der Waals surface area contributed by atoms with Gasteiger partial charge in [0.2, 0.25) is 0 Å². The molecule has 0 radical (unpaired) electrons. The zero-order valence-corrected chi connectivity index (χ0v) is 14.9. The third-order valence-corrected chi connectivity index (χ3v) is 5.17. The van der Waals surface area contributed by atoms with Crippen LogP contribution in [0.2, 0.25) is 0 Å². The summed E-state index contributed by atoms with van der Waals surface area (Å²) in [5.74, 6) is 0.592. The Morgan fingerprint density at radius 3 is 2.63 bits per heavy atom. The molecule has 0 saturated heterocycles. The molecule has 0 unspecified atom stereocenters. The molecule has 0 fully saturated rings. The maximum Gasteiger partial charge on any atom is 0.256 e. The van der Waals surface area contributed by atoms with Crippen molar-refractivity contribution in [3.05, 3.63) is 89.6 Å². The molecule has 0 spiro atoms. The van der Waals surface area contributed by atoms with Crippen molar-refractivity contribution in [3.63, 3.8) is 0 Å². The molecular formula is C23H19N3O. The van der Waals surface area contributed by atoms with E-state index in [0.29, 0.717) is 11.4 Å². The number of hydrogen-bond acceptors (Lipinski definition) is 2. The monoisotopic (exact) mass is 353 g/mol. The lowest BCUT2D eigenvalue weighted by Crippen LogP contribution is -2.14. The Kier molecular flexibility index (Phi) is 3.75. The summed E-state index contributed by atoms with van der Waals surface area (Å²) in [6.45, 7) is 0. The van der Waals surface area contributed by atoms with Crippen molar-refractivity contribution in [1.82, 2.24) is 9.38 Å². The van der Waals surface area contributed by atoms with Gasteiger partial charge in [-0.05, 0) is 54.7 Å². The van der Waals surface area contributed by atoms with Gasteiger partial charge in [-0.2, -0.15) is 0 Å². The number of carbonyl (C=O) groups is 1. The first-order valence-electron chi connectivity index (χ1n) is 9.25. The lowest BCUT2D eigenvalue weighted by Gasteiger charge is -2.09. The number of nitrogens with one attached hydrogen (secondary N) is 1. The number of pyridine rings is 1. The van der Waals surface area contributed by atoms with E-state index in [-0.39, 0.29) is 5.91 Å². The van der Waals surface area contributed by atoms with E-state index in [1.165, 1.54) is 17.5 Å². The first-order chi connectivity index (χ1) is 13.3. The minimum absolute atomic E-state index is 0.104. The van der Waals surface area contributed by atoms with Gasteiger partial charge >= 0.3 is 0 Å². The van der Waals surface area contributed by atoms with Crippen molar-refractivity contribution in [1.29, 1.82) is 0 Å². The maximum absolute atomic E-state index is 13.0. The van der Waals surface area contributed by atoms with Gasteiger partial charge in [-0.25, -0.2) is 4.98 Å². The summed E-state index contributed by atoms with van der Waals surface area (Å²) in [7, 11) is 0. The van der Waals surface area contributed by atoms with E-state index < -0.39 is 0 Å². The molecule has 1 amide bonds. The van der Waals surface area contributed by atoms with Gasteiger partial charge in [0.15, 0.2) is 0 Å². The number of aromatic nitrogens is 2. The molecule has 0 bridgehead atoms. The highest BCUT2D eigenvalue weighted by Crippen LogP contribution is 2.29. The van der Waals surface area contributed by atoms with Crippen LogP contribution in [0, 0.1) is 0 Å². The van der Waals surface area contributed by atoms with Gasteiger partial charge in [-0.1, -0.05) is 42.5 Å². The van der Waals surface area contributed by atoms with Gasteiger partial charge in [-0.15, -0.1) is 0 Å². The molecule has 4 nitrogen and oxygen atoms in total. The number of rotatable bonds is 3. The molecule has 4 heteroatoms. The Hall–Kier alpha value is -3.40. The summed E-state index contributed by atoms with van der Waals surface area (Å²) < 4.78 is 1.92. The lowest BCUT2D eigenvalue weighted by molar-refractivity contribution is 0.102. The fourth-order valence-corrected chi connectivity index (χ4v) is 3.81. The van der Waals surface area contributed by atoms with Gasteiger partial charge in [-0.3, -0.25) is 9.20 Å². The third-order valence-electron chi connectivity index (χ3n) is 5.17. The summed E-state index contributed by atoms with van der Waals surface area (Å²) in [6, 6.07) is 21.8. The molecule has 4 aromatic rings. The number of fused-ring (bicyclic) bond motifs is 2. The first kappa shape index (κ1) is 15.8. The predicted octanol–water partition coefficient (Wildman–Crippen LogP) is 4.74. The van der Waals surface area contributed by atoms with Gasteiger partial charge < -0.3 is 5.32 Å². The number of amides is 1. The predicted molar refractivity (Wildman–Crippen MR) is 107 cm³/mol. The highest BCUT2D eigenvalue weighted by molar-refractivity contribution is 6.06. The lowest BCUT2D eigenvalue weighted by atomic mass is 10.1. The van der Waals surface area contributed by atoms with Crippen LogP contribution in [0.3, 0.4) is 0 Å². The van der Waals surface area contributed by atoms with E-state index in [1.54, 1.807) is 0 Å². The Morgan fingerprint density at radius 1 is 0.926 bits per heavy atom. The van der Waals surface area contributed by atoms with E-state index in [0.717, 1.165) is 29.7 Å². The highest BCUT2D eigenvalue weighted by Gasteiger charge is 2.18. The topological polar surface area (TPSA) is 46.4 Å². The molecule has 5 rings (SSSR count). The number of carbonyl (C=O) groups excluding carboxylic acids is 1. The Bertz CT molecular complexity index is 1140. The van der Waals surface area contributed by atoms with Crippen molar-refractivity contribution in [3.8, 4) is 11.3 Å². The second-order valence-corrected chi connectivity index (χ2v) is 6.90. The molecule has 2 aromatic carbocycles. The van der Waals surface area contributed by atoms with Crippen LogP contribution in [-0.2, 0) is 12.8 Å². The molecule has 2 heterocycles. The van der Waals surface area contributed by atoms with E-state index in [2.05, 4.69) is 11.4 Å². The average molecular weight is 353 g/mol. The van der Waals surface area contributed by atoms with Crippen LogP contribution < -0.4 is 5.32 Å². The van der Waals surface area contributed by atoms with E-state index in [1.807, 2.05) is 71.3 Å². The van der Waals surface area contributed by atoms with Crippen molar-refractivity contribution in [2.24, 2.45) is 0 Å². The number of benzene rings is 2. The maximum atomic E-state index is 13.0. The van der Waals surface area contributed by atoms with Crippen molar-refractivity contribution < 1.29 is 4.79 Å². The summed E-state index contributed by atoms with van der Waals surface area (Å²) in [5, 5.41) is 3.10. The largest absolute Gasteiger partial charge is 0.306 e. The van der Waals surface area contributed by atoms with Crippen molar-refractivity contribution in [2.45, 2.75) is 19.3 Å². The molecular weight excluding hydrogens is 334 g/mol. The molecule has 1 aliphatic rings. The molecule has 0 atom stereocenters. The number of anilines is 1. The second-order valence-electron chi connectivity index (χ2n) is 6.90. The van der Waals surface area contributed by atoms with Crippen LogP contribution in [0.1, 0.15) is 27.9 Å². The molecule has 132 valence electrons. The van der Waals surface area contributed by atoms with Crippen molar-refractivity contribution >= 4 is 17.4 Å². The van der Waals surface area contributed by atoms with Crippen LogP contribution >= 0.6 is 0 Å². The van der Waals surface area contributed by atoms with Gasteiger partial charge in [0.25, 0.3) is 5.91 Å². The Labute approximate surface area is 157 Å². The minimum Gasteiger partial charge on any atom is -0.306 e. The summed E-state index contributed by atoms with van der Waals surface area (Å²) in [5.41, 5.74) is 5.92. The first-order valence-corrected chi connectivity index (χ1v) is 9.25. The zero-order valence-electron chi connectivity index (χ0n) is 14.9. The van der Waals surface area contributed by atoms with Crippen LogP contribution in [0.25, 0.3) is 16.9 Å². The number of imidazole rings is 1. The third kappa shape index (κ3) is 2.79. The highest BCUT2D eigenvalue weighted by atomic mass is 16.1. The molecule has 27 heavy (non-hydrogen) atoms. The quantitative estimate of drug-likeness (QED) is 0.578. The standard InChI is InChI=1S/C23H19N3O/c27-23(19-13-12-16-9-6-10-18(16)15-19)25-22-21(17-7-2-1-3-8-17)24-20-11-4-5-14-26(20)22/h1-5,7-8,11-15H,6,9-10H2,(H,25,27). The van der Waals surface area contributed by atoms with Crippen LogP contribution in [0.4, 0.5) is 5.82 Å².